The van der Waals surface area contributed by atoms with Gasteiger partial charge in [-0.1, -0.05) is 60.7 Å². The number of Topliss-reactive ketones (excluding diaryl/α,β-unsaturated/α-hetero) is 1. The van der Waals surface area contributed by atoms with E-state index >= 15 is 0 Å². The largest absolute Gasteiger partial charge is 0.497 e. The first kappa shape index (κ1) is 25.3. The minimum atomic E-state index is -0.487. The summed E-state index contributed by atoms with van der Waals surface area (Å²) in [5, 5.41) is 3.40. The Morgan fingerprint density at radius 1 is 0.842 bits per heavy atom. The molecule has 1 N–H and O–H groups in total. The molecule has 1 heterocycles. The molecule has 0 aromatic heterocycles. The molecule has 0 bridgehead atoms. The van der Waals surface area contributed by atoms with Crippen molar-refractivity contribution in [2.45, 2.75) is 31.6 Å². The molecule has 0 amide bonds. The Morgan fingerprint density at radius 3 is 2.21 bits per heavy atom. The Hall–Kier alpha value is -4.32. The number of allylic oxidation sites excluding steroid dienone is 3. The fraction of sp³-hybridized carbons (Fsp3) is 0.250. The third kappa shape index (κ3) is 5.35. The van der Waals surface area contributed by atoms with E-state index in [4.69, 9.17) is 14.2 Å². The minimum Gasteiger partial charge on any atom is -0.497 e. The van der Waals surface area contributed by atoms with Crippen molar-refractivity contribution < 1.29 is 23.8 Å². The summed E-state index contributed by atoms with van der Waals surface area (Å²) in [6.45, 7) is 2.21. The van der Waals surface area contributed by atoms with Gasteiger partial charge in [0.15, 0.2) is 5.78 Å². The van der Waals surface area contributed by atoms with Gasteiger partial charge in [0.1, 0.15) is 24.7 Å². The van der Waals surface area contributed by atoms with Gasteiger partial charge < -0.3 is 19.5 Å². The highest BCUT2D eigenvalue weighted by Crippen LogP contribution is 2.45. The summed E-state index contributed by atoms with van der Waals surface area (Å²) < 4.78 is 16.6. The minimum absolute atomic E-state index is 0.0404. The summed E-state index contributed by atoms with van der Waals surface area (Å²) in [7, 11) is 1.64. The number of dihydropyridines is 1. The van der Waals surface area contributed by atoms with Crippen LogP contribution in [0.1, 0.15) is 42.7 Å². The van der Waals surface area contributed by atoms with E-state index in [2.05, 4.69) is 5.32 Å². The van der Waals surface area contributed by atoms with Crippen LogP contribution in [0.5, 0.6) is 11.5 Å². The van der Waals surface area contributed by atoms with E-state index in [1.165, 1.54) is 0 Å². The monoisotopic (exact) mass is 509 g/mol. The quantitative estimate of drug-likeness (QED) is 0.311. The van der Waals surface area contributed by atoms with Crippen LogP contribution in [-0.4, -0.2) is 32.1 Å². The van der Waals surface area contributed by atoms with Crippen molar-refractivity contribution in [3.05, 3.63) is 119 Å². The number of carbonyl (C=O) groups is 2. The van der Waals surface area contributed by atoms with Crippen molar-refractivity contribution >= 4 is 11.8 Å². The van der Waals surface area contributed by atoms with Gasteiger partial charge in [-0.2, -0.15) is 0 Å². The summed E-state index contributed by atoms with van der Waals surface area (Å²) in [5.74, 6) is 0.656. The molecule has 6 nitrogen and oxygen atoms in total. The highest BCUT2D eigenvalue weighted by Gasteiger charge is 2.41. The number of benzene rings is 3. The van der Waals surface area contributed by atoms with Gasteiger partial charge in [-0.15, -0.1) is 0 Å². The zero-order valence-electron chi connectivity index (χ0n) is 21.6. The molecule has 1 aliphatic heterocycles. The number of nitrogens with one attached hydrogen (secondary N) is 1. The number of ether oxygens (including phenoxy) is 3. The summed E-state index contributed by atoms with van der Waals surface area (Å²) >= 11 is 0. The lowest BCUT2D eigenvalue weighted by Crippen LogP contribution is -2.36. The summed E-state index contributed by atoms with van der Waals surface area (Å²) in [6.07, 6.45) is 1.06. The predicted octanol–water partition coefficient (Wildman–Crippen LogP) is 5.68. The van der Waals surface area contributed by atoms with Crippen LogP contribution in [0.2, 0.25) is 0 Å². The van der Waals surface area contributed by atoms with Crippen LogP contribution < -0.4 is 14.8 Å². The molecule has 0 fully saturated rings. The fourth-order valence-corrected chi connectivity index (χ4v) is 5.29. The van der Waals surface area contributed by atoms with Gasteiger partial charge in [-0.25, -0.2) is 4.79 Å². The third-order valence-corrected chi connectivity index (χ3v) is 7.10. The highest BCUT2D eigenvalue weighted by molar-refractivity contribution is 6.04. The van der Waals surface area contributed by atoms with E-state index in [0.29, 0.717) is 29.7 Å². The fourth-order valence-electron chi connectivity index (χ4n) is 5.29. The van der Waals surface area contributed by atoms with Crippen LogP contribution in [0.4, 0.5) is 0 Å². The van der Waals surface area contributed by atoms with Crippen molar-refractivity contribution in [3.8, 4) is 11.5 Å². The normalized spacial score (nSPS) is 18.9. The molecule has 3 aromatic carbocycles. The van der Waals surface area contributed by atoms with Gasteiger partial charge >= 0.3 is 5.97 Å². The van der Waals surface area contributed by atoms with Crippen molar-refractivity contribution in [3.63, 3.8) is 0 Å². The molecule has 5 rings (SSSR count). The highest BCUT2D eigenvalue weighted by atomic mass is 16.6. The van der Waals surface area contributed by atoms with Crippen molar-refractivity contribution in [1.29, 1.82) is 0 Å². The van der Waals surface area contributed by atoms with E-state index in [-0.39, 0.29) is 24.9 Å². The van der Waals surface area contributed by atoms with E-state index in [1.807, 2.05) is 91.9 Å². The molecule has 3 aromatic rings. The van der Waals surface area contributed by atoms with Crippen LogP contribution in [0.25, 0.3) is 0 Å². The molecule has 2 aliphatic rings. The van der Waals surface area contributed by atoms with Crippen molar-refractivity contribution in [2.24, 2.45) is 0 Å². The van der Waals surface area contributed by atoms with E-state index < -0.39 is 11.9 Å². The van der Waals surface area contributed by atoms with Gasteiger partial charge in [0, 0.05) is 29.3 Å². The van der Waals surface area contributed by atoms with Crippen LogP contribution in [0.3, 0.4) is 0 Å². The van der Waals surface area contributed by atoms with Gasteiger partial charge in [-0.3, -0.25) is 4.79 Å². The second-order valence-corrected chi connectivity index (χ2v) is 9.50. The average molecular weight is 510 g/mol. The molecular weight excluding hydrogens is 478 g/mol. The number of hydrogen-bond acceptors (Lipinski definition) is 6. The molecule has 6 heteroatoms. The lowest BCUT2D eigenvalue weighted by atomic mass is 9.72. The predicted molar refractivity (Wildman–Crippen MR) is 145 cm³/mol. The Labute approximate surface area is 222 Å². The number of hydrogen-bond donors (Lipinski definition) is 1. The smallest absolute Gasteiger partial charge is 0.336 e. The standard InChI is InChI=1S/C32H31NO5/c1-21-29(32(35)38-18-17-37-26-11-7-4-8-12-26)30(23-9-5-3-6-10-23)31-27(33-21)19-24(20-28(31)34)22-13-15-25(36-2)16-14-22/h3-16,24,30,33H,17-20H2,1-2H3/t24-,30-/m0/s1. The number of rotatable bonds is 8. The third-order valence-electron chi connectivity index (χ3n) is 7.10. The van der Waals surface area contributed by atoms with Crippen molar-refractivity contribution in [1.82, 2.24) is 5.32 Å². The van der Waals surface area contributed by atoms with Crippen LogP contribution in [0.15, 0.2) is 107 Å². The molecule has 0 unspecified atom stereocenters. The maximum absolute atomic E-state index is 13.7. The summed E-state index contributed by atoms with van der Waals surface area (Å²) in [5.41, 5.74) is 4.68. The maximum atomic E-state index is 13.7. The average Bonchev–Trinajstić information content (AvgIpc) is 2.95. The second-order valence-electron chi connectivity index (χ2n) is 9.50. The molecule has 0 saturated heterocycles. The molecule has 0 saturated carbocycles. The molecule has 2 atom stereocenters. The van der Waals surface area contributed by atoms with Crippen molar-refractivity contribution in [2.75, 3.05) is 20.3 Å². The molecule has 194 valence electrons. The first-order valence-electron chi connectivity index (χ1n) is 12.8. The van der Waals surface area contributed by atoms with Gasteiger partial charge in [0.25, 0.3) is 0 Å². The molecule has 1 aliphatic carbocycles. The zero-order valence-corrected chi connectivity index (χ0v) is 21.6. The molecule has 0 spiro atoms. The van der Waals surface area contributed by atoms with Crippen LogP contribution in [-0.2, 0) is 14.3 Å². The molecular formula is C32H31NO5. The number of carbonyl (C=O) groups excluding carboxylic acids is 2. The summed E-state index contributed by atoms with van der Waals surface area (Å²) in [6, 6.07) is 27.0. The number of esters is 1. The van der Waals surface area contributed by atoms with E-state index in [0.717, 1.165) is 28.3 Å². The molecule has 0 radical (unpaired) electrons. The van der Waals surface area contributed by atoms with E-state index in [9.17, 15) is 9.59 Å². The van der Waals surface area contributed by atoms with Gasteiger partial charge in [0.05, 0.1) is 12.7 Å². The Bertz CT molecular complexity index is 1360. The lowest BCUT2D eigenvalue weighted by Gasteiger charge is -2.36. The second kappa shape index (κ2) is 11.4. The number of methoxy groups -OCH3 is 1. The van der Waals surface area contributed by atoms with Crippen LogP contribution >= 0.6 is 0 Å². The maximum Gasteiger partial charge on any atom is 0.336 e. The van der Waals surface area contributed by atoms with E-state index in [1.54, 1.807) is 7.11 Å². The Kier molecular flexibility index (Phi) is 7.59. The topological polar surface area (TPSA) is 73.9 Å². The summed E-state index contributed by atoms with van der Waals surface area (Å²) in [4.78, 5) is 27.1. The first-order chi connectivity index (χ1) is 18.5. The number of ketones is 1. The van der Waals surface area contributed by atoms with Crippen LogP contribution in [0, 0.1) is 0 Å². The Morgan fingerprint density at radius 2 is 1.53 bits per heavy atom. The molecule has 38 heavy (non-hydrogen) atoms. The van der Waals surface area contributed by atoms with Gasteiger partial charge in [-0.05, 0) is 54.7 Å². The zero-order chi connectivity index (χ0) is 26.5. The first-order valence-corrected chi connectivity index (χ1v) is 12.8. The lowest BCUT2D eigenvalue weighted by molar-refractivity contribution is -0.140. The van der Waals surface area contributed by atoms with Gasteiger partial charge in [0.2, 0.25) is 0 Å². The SMILES string of the molecule is COc1ccc([C@@H]2CC(=O)C3=C(C2)NC(C)=C(C(=O)OCCOc2ccccc2)[C@@H]3c2ccccc2)cc1. The number of para-hydroxylation sites is 1. The Balaban J connectivity index is 1.38.